The van der Waals surface area contributed by atoms with Crippen molar-refractivity contribution in [1.29, 1.82) is 0 Å². The Morgan fingerprint density at radius 3 is 2.92 bits per heavy atom. The lowest BCUT2D eigenvalue weighted by Crippen LogP contribution is -2.43. The van der Waals surface area contributed by atoms with Gasteiger partial charge in [0.15, 0.2) is 5.65 Å². The lowest BCUT2D eigenvalue weighted by atomic mass is 10.1. The van der Waals surface area contributed by atoms with Crippen molar-refractivity contribution in [3.8, 4) is 0 Å². The van der Waals surface area contributed by atoms with Crippen LogP contribution in [0.3, 0.4) is 0 Å². The van der Waals surface area contributed by atoms with Crippen molar-refractivity contribution in [2.24, 2.45) is 12.8 Å². The Morgan fingerprint density at radius 1 is 1.31 bits per heavy atom. The van der Waals surface area contributed by atoms with Crippen LogP contribution in [0.15, 0.2) is 41.3 Å². The molecule has 6 heteroatoms. The van der Waals surface area contributed by atoms with Gasteiger partial charge in [0, 0.05) is 32.4 Å². The van der Waals surface area contributed by atoms with E-state index >= 15 is 0 Å². The minimum Gasteiger partial charge on any atom is -0.368 e. The second kappa shape index (κ2) is 6.61. The van der Waals surface area contributed by atoms with E-state index in [1.807, 2.05) is 16.7 Å². The molecule has 0 saturated carbocycles. The summed E-state index contributed by atoms with van der Waals surface area (Å²) in [7, 11) is 1.79. The molecule has 0 radical (unpaired) electrons. The van der Waals surface area contributed by atoms with Crippen molar-refractivity contribution in [3.05, 3.63) is 58.1 Å². The minimum atomic E-state index is -0.0391. The quantitative estimate of drug-likeness (QED) is 0.784. The number of aromatic nitrogens is 3. The number of nitrogens with zero attached hydrogens (tertiary/aromatic N) is 4. The second-order valence-corrected chi connectivity index (χ2v) is 7.27. The van der Waals surface area contributed by atoms with Gasteiger partial charge in [-0.05, 0) is 31.4 Å². The third-order valence-electron chi connectivity index (χ3n) is 5.21. The van der Waals surface area contributed by atoms with Crippen LogP contribution in [0.1, 0.15) is 24.0 Å². The first kappa shape index (κ1) is 16.8. The fourth-order valence-corrected chi connectivity index (χ4v) is 3.93. The predicted molar refractivity (Wildman–Crippen MR) is 105 cm³/mol. The van der Waals surface area contributed by atoms with Crippen LogP contribution in [-0.4, -0.2) is 33.2 Å². The van der Waals surface area contributed by atoms with Crippen LogP contribution in [0.4, 0.5) is 5.69 Å². The fourth-order valence-electron chi connectivity index (χ4n) is 3.93. The number of anilines is 1. The minimum absolute atomic E-state index is 0.0391. The predicted octanol–water partition coefficient (Wildman–Crippen LogP) is 2.02. The molecule has 1 aromatic carbocycles. The Bertz CT molecular complexity index is 1000. The van der Waals surface area contributed by atoms with Crippen LogP contribution in [0.2, 0.25) is 0 Å². The number of hydrogen-bond donors (Lipinski definition) is 1. The summed E-state index contributed by atoms with van der Waals surface area (Å²) in [5.41, 5.74) is 11.1. The van der Waals surface area contributed by atoms with E-state index in [1.54, 1.807) is 17.8 Å². The Balaban J connectivity index is 1.86. The molecule has 6 nitrogen and oxygen atoms in total. The normalized spacial score (nSPS) is 17.8. The molecule has 1 atom stereocenters. The molecule has 4 rings (SSSR count). The molecule has 0 aliphatic carbocycles. The molecular weight excluding hydrogens is 326 g/mol. The largest absolute Gasteiger partial charge is 0.368 e. The van der Waals surface area contributed by atoms with E-state index in [9.17, 15) is 4.79 Å². The van der Waals surface area contributed by atoms with Gasteiger partial charge in [0.25, 0.3) is 0 Å². The van der Waals surface area contributed by atoms with Crippen molar-refractivity contribution in [2.45, 2.75) is 32.4 Å². The van der Waals surface area contributed by atoms with Gasteiger partial charge >= 0.3 is 5.69 Å². The van der Waals surface area contributed by atoms with E-state index in [0.29, 0.717) is 6.54 Å². The molecule has 0 amide bonds. The first-order chi connectivity index (χ1) is 12.5. The standard InChI is InChI=1S/C20H25N5O/c1-14-5-3-6-15(11-14)12-25-18-17(24-10-4-7-16(21)13-24)8-9-22-19(18)23(2)20(25)26/h3,5-6,8-9,11,16H,4,7,10,12-13,21H2,1-2H3/t16-/m1/s1. The molecule has 3 heterocycles. The average Bonchev–Trinajstić information content (AvgIpc) is 2.87. The van der Waals surface area contributed by atoms with Gasteiger partial charge in [-0.15, -0.1) is 0 Å². The third kappa shape index (κ3) is 2.90. The van der Waals surface area contributed by atoms with Gasteiger partial charge < -0.3 is 10.6 Å². The Morgan fingerprint density at radius 2 is 2.15 bits per heavy atom. The number of hydrogen-bond acceptors (Lipinski definition) is 4. The van der Waals surface area contributed by atoms with E-state index in [0.717, 1.165) is 48.3 Å². The third-order valence-corrected chi connectivity index (χ3v) is 5.21. The SMILES string of the molecule is Cc1cccc(Cn2c(=O)n(C)c3nccc(N4CCC[C@@H](N)C4)c32)c1. The zero-order valence-electron chi connectivity index (χ0n) is 15.4. The smallest absolute Gasteiger partial charge is 0.330 e. The molecule has 26 heavy (non-hydrogen) atoms. The maximum Gasteiger partial charge on any atom is 0.330 e. The molecule has 0 bridgehead atoms. The van der Waals surface area contributed by atoms with Crippen molar-refractivity contribution >= 4 is 16.9 Å². The zero-order chi connectivity index (χ0) is 18.3. The fraction of sp³-hybridized carbons (Fsp3) is 0.400. The number of pyridine rings is 1. The van der Waals surface area contributed by atoms with Crippen LogP contribution in [0.5, 0.6) is 0 Å². The molecule has 1 aliphatic rings. The summed E-state index contributed by atoms with van der Waals surface area (Å²) in [6.45, 7) is 4.38. The highest BCUT2D eigenvalue weighted by Crippen LogP contribution is 2.27. The number of piperidine rings is 1. The van der Waals surface area contributed by atoms with Gasteiger partial charge in [0.1, 0.15) is 5.52 Å². The highest BCUT2D eigenvalue weighted by molar-refractivity contribution is 5.87. The molecule has 2 aromatic heterocycles. The molecular formula is C20H25N5O. The van der Waals surface area contributed by atoms with Crippen molar-refractivity contribution in [2.75, 3.05) is 18.0 Å². The van der Waals surface area contributed by atoms with Gasteiger partial charge in [0.2, 0.25) is 0 Å². The highest BCUT2D eigenvalue weighted by atomic mass is 16.1. The molecule has 0 unspecified atom stereocenters. The van der Waals surface area contributed by atoms with Crippen LogP contribution in [-0.2, 0) is 13.6 Å². The first-order valence-electron chi connectivity index (χ1n) is 9.15. The summed E-state index contributed by atoms with van der Waals surface area (Å²) in [4.78, 5) is 19.7. The molecule has 2 N–H and O–H groups in total. The first-order valence-corrected chi connectivity index (χ1v) is 9.15. The lowest BCUT2D eigenvalue weighted by Gasteiger charge is -2.33. The van der Waals surface area contributed by atoms with Crippen LogP contribution in [0, 0.1) is 6.92 Å². The Hall–Kier alpha value is -2.60. The van der Waals surface area contributed by atoms with Gasteiger partial charge in [0.05, 0.1) is 12.2 Å². The summed E-state index contributed by atoms with van der Waals surface area (Å²) in [5.74, 6) is 0. The number of nitrogens with two attached hydrogens (primary N) is 1. The summed E-state index contributed by atoms with van der Waals surface area (Å²) in [6, 6.07) is 10.5. The monoisotopic (exact) mass is 351 g/mol. The zero-order valence-corrected chi connectivity index (χ0v) is 15.4. The molecule has 1 saturated heterocycles. The van der Waals surface area contributed by atoms with Crippen molar-refractivity contribution in [1.82, 2.24) is 14.1 Å². The second-order valence-electron chi connectivity index (χ2n) is 7.27. The summed E-state index contributed by atoms with van der Waals surface area (Å²) in [6.07, 6.45) is 3.91. The molecule has 1 aliphatic heterocycles. The Labute approximate surface area is 152 Å². The summed E-state index contributed by atoms with van der Waals surface area (Å²) >= 11 is 0. The molecule has 136 valence electrons. The highest BCUT2D eigenvalue weighted by Gasteiger charge is 2.23. The lowest BCUT2D eigenvalue weighted by molar-refractivity contribution is 0.506. The van der Waals surface area contributed by atoms with Crippen LogP contribution < -0.4 is 16.3 Å². The molecule has 3 aromatic rings. The van der Waals surface area contributed by atoms with Crippen molar-refractivity contribution in [3.63, 3.8) is 0 Å². The Kier molecular flexibility index (Phi) is 4.28. The number of imidazole rings is 1. The van der Waals surface area contributed by atoms with E-state index in [2.05, 4.69) is 35.0 Å². The van der Waals surface area contributed by atoms with Gasteiger partial charge in [-0.1, -0.05) is 29.8 Å². The van der Waals surface area contributed by atoms with Crippen molar-refractivity contribution < 1.29 is 0 Å². The van der Waals surface area contributed by atoms with E-state index in [-0.39, 0.29) is 11.7 Å². The number of aryl methyl sites for hydroxylation is 2. The average molecular weight is 351 g/mol. The van der Waals surface area contributed by atoms with Gasteiger partial charge in [-0.25, -0.2) is 9.78 Å². The van der Waals surface area contributed by atoms with Crippen LogP contribution >= 0.6 is 0 Å². The van der Waals surface area contributed by atoms with E-state index in [4.69, 9.17) is 5.73 Å². The maximum atomic E-state index is 12.9. The number of fused-ring (bicyclic) bond motifs is 1. The summed E-state index contributed by atoms with van der Waals surface area (Å²) in [5, 5.41) is 0. The molecule has 0 spiro atoms. The number of rotatable bonds is 3. The maximum absolute atomic E-state index is 12.9. The van der Waals surface area contributed by atoms with E-state index in [1.165, 1.54) is 5.56 Å². The number of benzene rings is 1. The summed E-state index contributed by atoms with van der Waals surface area (Å²) < 4.78 is 3.48. The molecule has 1 fully saturated rings. The van der Waals surface area contributed by atoms with Gasteiger partial charge in [-0.2, -0.15) is 0 Å². The van der Waals surface area contributed by atoms with Crippen LogP contribution in [0.25, 0.3) is 11.2 Å². The topological polar surface area (TPSA) is 69.1 Å². The van der Waals surface area contributed by atoms with Gasteiger partial charge in [-0.3, -0.25) is 9.13 Å². The van der Waals surface area contributed by atoms with E-state index < -0.39 is 0 Å².